The maximum atomic E-state index is 12.5. The Morgan fingerprint density at radius 2 is 1.63 bits per heavy atom. The van der Waals surface area contributed by atoms with Crippen LogP contribution in [-0.2, 0) is 19.3 Å². The van der Waals surface area contributed by atoms with E-state index in [0.717, 1.165) is 39.6 Å². The molecule has 0 unspecified atom stereocenters. The van der Waals surface area contributed by atoms with Crippen LogP contribution >= 0.6 is 11.6 Å². The van der Waals surface area contributed by atoms with E-state index < -0.39 is 0 Å². The number of pyridine rings is 1. The van der Waals surface area contributed by atoms with Gasteiger partial charge in [0.25, 0.3) is 5.91 Å². The van der Waals surface area contributed by atoms with Crippen LogP contribution in [0.15, 0.2) is 79.0 Å². The smallest absolute Gasteiger partial charge is 0.251 e. The standard InChI is InChI=1S/C27H23ClN6O/c28-22-11-7-18(8-12-22)13-14-29-27(35)20-9-5-19(6-10-20)15-25-24-4-2-1-3-23(24)21(17-30-25)16-26-31-33-34-32-26/h1-12,17H,13-16H2,(H,29,35)(H,31,32,33,34). The van der Waals surface area contributed by atoms with Crippen molar-refractivity contribution in [1.29, 1.82) is 0 Å². The molecule has 0 aliphatic rings. The van der Waals surface area contributed by atoms with E-state index in [2.05, 4.69) is 38.1 Å². The van der Waals surface area contributed by atoms with Crippen molar-refractivity contribution in [1.82, 2.24) is 30.9 Å². The molecule has 0 aliphatic heterocycles. The molecule has 0 fully saturated rings. The van der Waals surface area contributed by atoms with Crippen molar-refractivity contribution >= 4 is 28.3 Å². The quantitative estimate of drug-likeness (QED) is 0.338. The van der Waals surface area contributed by atoms with E-state index in [-0.39, 0.29) is 5.91 Å². The van der Waals surface area contributed by atoms with Gasteiger partial charge in [-0.05, 0) is 63.2 Å². The Kier molecular flexibility index (Phi) is 6.77. The van der Waals surface area contributed by atoms with Gasteiger partial charge in [0.2, 0.25) is 0 Å². The summed E-state index contributed by atoms with van der Waals surface area (Å²) in [7, 11) is 0. The Labute approximate surface area is 207 Å². The molecule has 174 valence electrons. The number of rotatable bonds is 8. The summed E-state index contributed by atoms with van der Waals surface area (Å²) in [4.78, 5) is 17.3. The number of nitrogens with zero attached hydrogens (tertiary/aromatic N) is 4. The average Bonchev–Trinajstić information content (AvgIpc) is 3.40. The number of carbonyl (C=O) groups is 1. The molecular formula is C27H23ClN6O. The van der Waals surface area contributed by atoms with Gasteiger partial charge in [-0.2, -0.15) is 0 Å². The fraction of sp³-hybridized carbons (Fsp3) is 0.148. The van der Waals surface area contributed by atoms with Gasteiger partial charge in [0.15, 0.2) is 5.82 Å². The number of H-pyrrole nitrogens is 1. The Morgan fingerprint density at radius 3 is 2.37 bits per heavy atom. The Hall–Kier alpha value is -4.10. The molecule has 0 saturated heterocycles. The maximum Gasteiger partial charge on any atom is 0.251 e. The highest BCUT2D eigenvalue weighted by Gasteiger charge is 2.11. The number of tetrazole rings is 1. The summed E-state index contributed by atoms with van der Waals surface area (Å²) in [5.41, 5.74) is 4.91. The lowest BCUT2D eigenvalue weighted by Crippen LogP contribution is -2.25. The molecule has 0 spiro atoms. The lowest BCUT2D eigenvalue weighted by molar-refractivity contribution is 0.0954. The fourth-order valence-corrected chi connectivity index (χ4v) is 4.19. The zero-order valence-electron chi connectivity index (χ0n) is 18.9. The number of halogens is 1. The van der Waals surface area contributed by atoms with Gasteiger partial charge in [-0.15, -0.1) is 5.10 Å². The Morgan fingerprint density at radius 1 is 0.886 bits per heavy atom. The lowest BCUT2D eigenvalue weighted by atomic mass is 9.99. The van der Waals surface area contributed by atoms with Crippen molar-refractivity contribution < 1.29 is 4.79 Å². The van der Waals surface area contributed by atoms with Gasteiger partial charge in [-0.3, -0.25) is 9.78 Å². The number of aromatic amines is 1. The van der Waals surface area contributed by atoms with E-state index in [0.29, 0.717) is 35.8 Å². The molecule has 2 aromatic heterocycles. The van der Waals surface area contributed by atoms with Crippen molar-refractivity contribution in [3.8, 4) is 0 Å². The van der Waals surface area contributed by atoms with Crippen LogP contribution < -0.4 is 5.32 Å². The lowest BCUT2D eigenvalue weighted by Gasteiger charge is -2.10. The number of amides is 1. The van der Waals surface area contributed by atoms with Gasteiger partial charge in [0, 0.05) is 41.6 Å². The Balaban J connectivity index is 1.25. The molecular weight excluding hydrogens is 460 g/mol. The average molecular weight is 483 g/mol. The van der Waals surface area contributed by atoms with E-state index >= 15 is 0 Å². The molecule has 0 atom stereocenters. The van der Waals surface area contributed by atoms with Gasteiger partial charge < -0.3 is 5.32 Å². The molecule has 2 heterocycles. The molecule has 35 heavy (non-hydrogen) atoms. The molecule has 0 aliphatic carbocycles. The topological polar surface area (TPSA) is 96.5 Å². The van der Waals surface area contributed by atoms with Crippen LogP contribution in [0.5, 0.6) is 0 Å². The van der Waals surface area contributed by atoms with E-state index in [1.807, 2.05) is 66.9 Å². The molecule has 5 aromatic rings. The monoisotopic (exact) mass is 482 g/mol. The van der Waals surface area contributed by atoms with E-state index in [4.69, 9.17) is 16.6 Å². The van der Waals surface area contributed by atoms with Crippen LogP contribution in [0.4, 0.5) is 0 Å². The van der Waals surface area contributed by atoms with Gasteiger partial charge in [-0.25, -0.2) is 5.10 Å². The first-order valence-corrected chi connectivity index (χ1v) is 11.7. The second-order valence-electron chi connectivity index (χ2n) is 8.31. The number of nitrogens with one attached hydrogen (secondary N) is 2. The highest BCUT2D eigenvalue weighted by atomic mass is 35.5. The number of benzene rings is 3. The highest BCUT2D eigenvalue weighted by Crippen LogP contribution is 2.24. The number of hydrogen-bond donors (Lipinski definition) is 2. The predicted molar refractivity (Wildman–Crippen MR) is 135 cm³/mol. The van der Waals surface area contributed by atoms with Crippen molar-refractivity contribution in [2.75, 3.05) is 6.54 Å². The first-order valence-electron chi connectivity index (χ1n) is 11.4. The van der Waals surface area contributed by atoms with E-state index in [1.54, 1.807) is 0 Å². The van der Waals surface area contributed by atoms with Crippen molar-refractivity contribution in [2.24, 2.45) is 0 Å². The van der Waals surface area contributed by atoms with Gasteiger partial charge in [0.1, 0.15) is 0 Å². The summed E-state index contributed by atoms with van der Waals surface area (Å²) in [5.74, 6) is 0.618. The fourth-order valence-electron chi connectivity index (χ4n) is 4.07. The minimum Gasteiger partial charge on any atom is -0.352 e. The normalized spacial score (nSPS) is 11.0. The summed E-state index contributed by atoms with van der Waals surface area (Å²) in [6.07, 6.45) is 3.90. The van der Waals surface area contributed by atoms with Crippen molar-refractivity contribution in [2.45, 2.75) is 19.3 Å². The summed E-state index contributed by atoms with van der Waals surface area (Å²) in [6.45, 7) is 0.564. The van der Waals surface area contributed by atoms with E-state index in [9.17, 15) is 4.79 Å². The number of hydrogen-bond acceptors (Lipinski definition) is 5. The number of carbonyl (C=O) groups excluding carboxylic acids is 1. The Bertz CT molecular complexity index is 1430. The van der Waals surface area contributed by atoms with Crippen LogP contribution in [0.2, 0.25) is 5.02 Å². The number of fused-ring (bicyclic) bond motifs is 1. The first kappa shape index (κ1) is 22.7. The third kappa shape index (κ3) is 5.53. The largest absolute Gasteiger partial charge is 0.352 e. The SMILES string of the molecule is O=C(NCCc1ccc(Cl)cc1)c1ccc(Cc2ncc(Cc3nnn[nH]3)c3ccccc23)cc1. The molecule has 3 aromatic carbocycles. The third-order valence-corrected chi connectivity index (χ3v) is 6.16. The molecule has 0 bridgehead atoms. The van der Waals surface area contributed by atoms with Crippen LogP contribution in [-0.4, -0.2) is 38.1 Å². The summed E-state index contributed by atoms with van der Waals surface area (Å²) in [5, 5.41) is 20.0. The van der Waals surface area contributed by atoms with Crippen molar-refractivity contribution in [3.05, 3.63) is 118 Å². The zero-order valence-corrected chi connectivity index (χ0v) is 19.7. The summed E-state index contributed by atoms with van der Waals surface area (Å²) < 4.78 is 0. The number of aromatic nitrogens is 5. The van der Waals surface area contributed by atoms with Gasteiger partial charge >= 0.3 is 0 Å². The van der Waals surface area contributed by atoms with Gasteiger partial charge in [0.05, 0.1) is 5.69 Å². The predicted octanol–water partition coefficient (Wildman–Crippen LogP) is 4.56. The molecule has 5 rings (SSSR count). The maximum absolute atomic E-state index is 12.5. The summed E-state index contributed by atoms with van der Waals surface area (Å²) >= 11 is 5.92. The van der Waals surface area contributed by atoms with Crippen LogP contribution in [0, 0.1) is 0 Å². The third-order valence-electron chi connectivity index (χ3n) is 5.91. The second kappa shape index (κ2) is 10.4. The van der Waals surface area contributed by atoms with Crippen molar-refractivity contribution in [3.63, 3.8) is 0 Å². The molecule has 8 heteroatoms. The molecule has 1 amide bonds. The summed E-state index contributed by atoms with van der Waals surface area (Å²) in [6, 6.07) is 23.6. The molecule has 2 N–H and O–H groups in total. The van der Waals surface area contributed by atoms with E-state index in [1.165, 1.54) is 0 Å². The van der Waals surface area contributed by atoms with Crippen LogP contribution in [0.25, 0.3) is 10.8 Å². The molecule has 0 radical (unpaired) electrons. The van der Waals surface area contributed by atoms with Crippen LogP contribution in [0.3, 0.4) is 0 Å². The minimum absolute atomic E-state index is 0.0830. The second-order valence-corrected chi connectivity index (χ2v) is 8.74. The zero-order chi connectivity index (χ0) is 24.0. The molecule has 7 nitrogen and oxygen atoms in total. The minimum atomic E-state index is -0.0830. The van der Waals surface area contributed by atoms with Gasteiger partial charge in [-0.1, -0.05) is 60.1 Å². The molecule has 0 saturated carbocycles. The van der Waals surface area contributed by atoms with Crippen LogP contribution in [0.1, 0.15) is 38.6 Å². The first-order chi connectivity index (χ1) is 17.2. The highest BCUT2D eigenvalue weighted by molar-refractivity contribution is 6.30.